The lowest BCUT2D eigenvalue weighted by molar-refractivity contribution is 0.0447. The Morgan fingerprint density at radius 3 is 2.27 bits per heavy atom. The van der Waals surface area contributed by atoms with Crippen LogP contribution in [0.25, 0.3) is 0 Å². The predicted octanol–water partition coefficient (Wildman–Crippen LogP) is 2.56. The topological polar surface area (TPSA) is 32.3 Å². The quantitative estimate of drug-likeness (QED) is 0.752. The normalized spacial score (nSPS) is 36.2. The summed E-state index contributed by atoms with van der Waals surface area (Å²) in [6.07, 6.45) is 4.84. The van der Waals surface area contributed by atoms with Gasteiger partial charge in [0.15, 0.2) is 0 Å². The van der Waals surface area contributed by atoms with Gasteiger partial charge in [0.1, 0.15) is 0 Å². The van der Waals surface area contributed by atoms with Crippen LogP contribution in [0.2, 0.25) is 0 Å². The predicted molar refractivity (Wildman–Crippen MR) is 64.9 cm³/mol. The van der Waals surface area contributed by atoms with Crippen molar-refractivity contribution in [2.75, 3.05) is 6.54 Å². The lowest BCUT2D eigenvalue weighted by Crippen LogP contribution is -2.48. The van der Waals surface area contributed by atoms with Gasteiger partial charge >= 0.3 is 0 Å². The van der Waals surface area contributed by atoms with E-state index in [0.29, 0.717) is 6.04 Å². The molecule has 0 saturated heterocycles. The molecule has 0 amide bonds. The van der Waals surface area contributed by atoms with Crippen molar-refractivity contribution in [3.8, 4) is 0 Å². The van der Waals surface area contributed by atoms with Gasteiger partial charge in [-0.05, 0) is 38.0 Å². The molecule has 0 aromatic rings. The summed E-state index contributed by atoms with van der Waals surface area (Å²) in [6, 6.07) is 0.594. The maximum atomic E-state index is 9.96. The average molecular weight is 213 g/mol. The lowest BCUT2D eigenvalue weighted by Gasteiger charge is -2.37. The molecule has 2 heteroatoms. The Labute approximate surface area is 94.5 Å². The van der Waals surface area contributed by atoms with Crippen LogP contribution in [0, 0.1) is 11.8 Å². The Balaban J connectivity index is 2.42. The molecule has 2 N–H and O–H groups in total. The summed E-state index contributed by atoms with van der Waals surface area (Å²) in [5, 5.41) is 13.5. The molecule has 0 heterocycles. The largest absolute Gasteiger partial charge is 0.389 e. The monoisotopic (exact) mass is 213 g/mol. The minimum absolute atomic E-state index is 0.545. The Hall–Kier alpha value is -0.0800. The van der Waals surface area contributed by atoms with E-state index in [-0.39, 0.29) is 0 Å². The van der Waals surface area contributed by atoms with Crippen LogP contribution in [0.4, 0.5) is 0 Å². The van der Waals surface area contributed by atoms with Crippen LogP contribution in [0.5, 0.6) is 0 Å². The van der Waals surface area contributed by atoms with Gasteiger partial charge in [0.05, 0.1) is 5.60 Å². The molecular weight excluding hydrogens is 186 g/mol. The summed E-state index contributed by atoms with van der Waals surface area (Å²) in [4.78, 5) is 0. The molecule has 1 aliphatic carbocycles. The third-order valence-corrected chi connectivity index (χ3v) is 4.03. The molecular formula is C13H27NO. The first-order chi connectivity index (χ1) is 6.96. The van der Waals surface area contributed by atoms with Gasteiger partial charge in [-0.2, -0.15) is 0 Å². The Morgan fingerprint density at radius 2 is 1.80 bits per heavy atom. The van der Waals surface area contributed by atoms with Crippen LogP contribution >= 0.6 is 0 Å². The highest BCUT2D eigenvalue weighted by atomic mass is 16.3. The van der Waals surface area contributed by atoms with Crippen molar-refractivity contribution >= 4 is 0 Å². The highest BCUT2D eigenvalue weighted by Crippen LogP contribution is 2.29. The van der Waals surface area contributed by atoms with Crippen molar-refractivity contribution in [2.24, 2.45) is 11.8 Å². The fourth-order valence-electron chi connectivity index (χ4n) is 2.55. The van der Waals surface area contributed by atoms with Crippen LogP contribution in [-0.4, -0.2) is 23.3 Å². The first-order valence-corrected chi connectivity index (χ1v) is 6.42. The summed E-state index contributed by atoms with van der Waals surface area (Å²) in [7, 11) is 0. The number of hydrogen-bond donors (Lipinski definition) is 2. The molecule has 0 radical (unpaired) electrons. The molecule has 3 unspecified atom stereocenters. The highest BCUT2D eigenvalue weighted by molar-refractivity contribution is 4.86. The van der Waals surface area contributed by atoms with Gasteiger partial charge in [-0.3, -0.25) is 0 Å². The molecule has 1 saturated carbocycles. The lowest BCUT2D eigenvalue weighted by atomic mass is 9.78. The van der Waals surface area contributed by atoms with E-state index in [1.165, 1.54) is 19.3 Å². The molecule has 1 fully saturated rings. The van der Waals surface area contributed by atoms with Gasteiger partial charge in [-0.25, -0.2) is 0 Å². The molecule has 0 spiro atoms. The van der Waals surface area contributed by atoms with Gasteiger partial charge in [-0.15, -0.1) is 0 Å². The van der Waals surface area contributed by atoms with E-state index in [4.69, 9.17) is 0 Å². The van der Waals surface area contributed by atoms with Crippen LogP contribution < -0.4 is 5.32 Å². The standard InChI is InChI=1S/C13H27NO/c1-5-13(4,15)9-14-12-10(2)7-6-8-11(12)3/h10-12,14-15H,5-9H2,1-4H3. The molecule has 0 aromatic carbocycles. The zero-order chi connectivity index (χ0) is 11.5. The maximum Gasteiger partial charge on any atom is 0.0741 e. The van der Waals surface area contributed by atoms with E-state index in [0.717, 1.165) is 24.8 Å². The third kappa shape index (κ3) is 3.76. The van der Waals surface area contributed by atoms with E-state index in [2.05, 4.69) is 19.2 Å². The highest BCUT2D eigenvalue weighted by Gasteiger charge is 2.29. The SMILES string of the molecule is CCC(C)(O)CNC1C(C)CCCC1C. The summed E-state index contributed by atoms with van der Waals surface area (Å²) in [5.74, 6) is 1.50. The van der Waals surface area contributed by atoms with E-state index in [9.17, 15) is 5.11 Å². The molecule has 0 aliphatic heterocycles. The molecule has 15 heavy (non-hydrogen) atoms. The third-order valence-electron chi connectivity index (χ3n) is 4.03. The fraction of sp³-hybridized carbons (Fsp3) is 1.00. The van der Waals surface area contributed by atoms with Gasteiger partial charge in [0.25, 0.3) is 0 Å². The molecule has 1 rings (SSSR count). The van der Waals surface area contributed by atoms with Crippen molar-refractivity contribution in [1.29, 1.82) is 0 Å². The molecule has 0 aromatic heterocycles. The Morgan fingerprint density at radius 1 is 1.27 bits per heavy atom. The van der Waals surface area contributed by atoms with Crippen molar-refractivity contribution < 1.29 is 5.11 Å². The van der Waals surface area contributed by atoms with Gasteiger partial charge < -0.3 is 10.4 Å². The zero-order valence-electron chi connectivity index (χ0n) is 10.7. The van der Waals surface area contributed by atoms with E-state index in [1.807, 2.05) is 13.8 Å². The van der Waals surface area contributed by atoms with Crippen molar-refractivity contribution in [1.82, 2.24) is 5.32 Å². The molecule has 0 bridgehead atoms. The summed E-state index contributed by atoms with van der Waals surface area (Å²) < 4.78 is 0. The molecule has 90 valence electrons. The van der Waals surface area contributed by atoms with Crippen LogP contribution in [0.15, 0.2) is 0 Å². The number of hydrogen-bond acceptors (Lipinski definition) is 2. The van der Waals surface area contributed by atoms with Crippen molar-refractivity contribution in [2.45, 2.75) is 65.0 Å². The number of rotatable bonds is 4. The van der Waals surface area contributed by atoms with Crippen molar-refractivity contribution in [3.63, 3.8) is 0 Å². The second-order valence-electron chi connectivity index (χ2n) is 5.64. The second kappa shape index (κ2) is 5.31. The number of nitrogens with one attached hydrogen (secondary N) is 1. The minimum atomic E-state index is -0.545. The zero-order valence-corrected chi connectivity index (χ0v) is 10.7. The van der Waals surface area contributed by atoms with E-state index >= 15 is 0 Å². The van der Waals surface area contributed by atoms with E-state index < -0.39 is 5.60 Å². The Bertz CT molecular complexity index is 181. The minimum Gasteiger partial charge on any atom is -0.389 e. The van der Waals surface area contributed by atoms with Gasteiger partial charge in [0, 0.05) is 12.6 Å². The van der Waals surface area contributed by atoms with Gasteiger partial charge in [0.2, 0.25) is 0 Å². The average Bonchev–Trinajstić information content (AvgIpc) is 2.17. The number of aliphatic hydroxyl groups is 1. The molecule has 1 aliphatic rings. The smallest absolute Gasteiger partial charge is 0.0741 e. The van der Waals surface area contributed by atoms with E-state index in [1.54, 1.807) is 0 Å². The molecule has 3 atom stereocenters. The summed E-state index contributed by atoms with van der Waals surface area (Å²) >= 11 is 0. The summed E-state index contributed by atoms with van der Waals surface area (Å²) in [5.41, 5.74) is -0.545. The fourth-order valence-corrected chi connectivity index (χ4v) is 2.55. The Kier molecular flexibility index (Phi) is 4.60. The van der Waals surface area contributed by atoms with Crippen LogP contribution in [0.1, 0.15) is 53.4 Å². The first-order valence-electron chi connectivity index (χ1n) is 6.42. The van der Waals surface area contributed by atoms with Crippen molar-refractivity contribution in [3.05, 3.63) is 0 Å². The van der Waals surface area contributed by atoms with Crippen LogP contribution in [-0.2, 0) is 0 Å². The van der Waals surface area contributed by atoms with Gasteiger partial charge in [-0.1, -0.05) is 27.2 Å². The molecule has 2 nitrogen and oxygen atoms in total. The first kappa shape index (κ1) is 13.0. The second-order valence-corrected chi connectivity index (χ2v) is 5.64. The summed E-state index contributed by atoms with van der Waals surface area (Å²) in [6.45, 7) is 9.33. The van der Waals surface area contributed by atoms with Crippen LogP contribution in [0.3, 0.4) is 0 Å². The maximum absolute atomic E-state index is 9.96.